The first-order valence-electron chi connectivity index (χ1n) is 6.51. The average Bonchev–Trinajstić information content (AvgIpc) is 2.36. The molecule has 17 heavy (non-hydrogen) atoms. The van der Waals surface area contributed by atoms with E-state index in [0.29, 0.717) is 6.10 Å². The van der Waals surface area contributed by atoms with Crippen molar-refractivity contribution in [3.63, 3.8) is 0 Å². The molecule has 0 amide bonds. The van der Waals surface area contributed by atoms with Gasteiger partial charge in [-0.3, -0.25) is 0 Å². The molecule has 1 saturated heterocycles. The molecule has 2 aliphatic rings. The van der Waals surface area contributed by atoms with Gasteiger partial charge in [0.15, 0.2) is 0 Å². The first-order valence-corrected chi connectivity index (χ1v) is 6.51. The van der Waals surface area contributed by atoms with Gasteiger partial charge in [-0.15, -0.1) is 0 Å². The number of benzene rings is 1. The van der Waals surface area contributed by atoms with Crippen molar-refractivity contribution < 1.29 is 9.47 Å². The summed E-state index contributed by atoms with van der Waals surface area (Å²) in [5.41, 5.74) is 1.23. The van der Waals surface area contributed by atoms with Gasteiger partial charge >= 0.3 is 0 Å². The predicted octanol–water partition coefficient (Wildman–Crippen LogP) is 2.28. The summed E-state index contributed by atoms with van der Waals surface area (Å²) in [6.45, 7) is 2.66. The molecule has 1 aromatic rings. The Hall–Kier alpha value is -1.06. The van der Waals surface area contributed by atoms with Crippen molar-refractivity contribution in [2.24, 2.45) is 0 Å². The van der Waals surface area contributed by atoms with Crippen LogP contribution in [0.15, 0.2) is 24.3 Å². The summed E-state index contributed by atoms with van der Waals surface area (Å²) in [5, 5.41) is 3.34. The Morgan fingerprint density at radius 2 is 2.00 bits per heavy atom. The van der Waals surface area contributed by atoms with E-state index in [1.807, 2.05) is 0 Å². The third kappa shape index (κ3) is 2.61. The first-order chi connectivity index (χ1) is 8.42. The molecule has 92 valence electrons. The van der Waals surface area contributed by atoms with Gasteiger partial charge in [-0.25, -0.2) is 0 Å². The summed E-state index contributed by atoms with van der Waals surface area (Å²) in [5.74, 6) is 0.988. The van der Waals surface area contributed by atoms with Crippen molar-refractivity contribution in [2.75, 3.05) is 19.7 Å². The first kappa shape index (κ1) is 11.1. The largest absolute Gasteiger partial charge is 0.490 e. The number of hydrogen-bond acceptors (Lipinski definition) is 3. The van der Waals surface area contributed by atoms with E-state index >= 15 is 0 Å². The van der Waals surface area contributed by atoms with Gasteiger partial charge in [0, 0.05) is 13.1 Å². The molecular formula is C14H19NO2. The topological polar surface area (TPSA) is 30.5 Å². The van der Waals surface area contributed by atoms with Gasteiger partial charge in [0.1, 0.15) is 5.75 Å². The van der Waals surface area contributed by atoms with Crippen molar-refractivity contribution in [1.29, 1.82) is 0 Å². The molecule has 3 heteroatoms. The van der Waals surface area contributed by atoms with Crippen LogP contribution in [-0.4, -0.2) is 25.8 Å². The molecule has 1 N–H and O–H groups in total. The lowest BCUT2D eigenvalue weighted by atomic mass is 9.96. The normalized spacial score (nSPS) is 25.3. The zero-order valence-electron chi connectivity index (χ0n) is 10.0. The molecule has 1 aliphatic heterocycles. The molecule has 3 rings (SSSR count). The van der Waals surface area contributed by atoms with Crippen LogP contribution in [0.4, 0.5) is 0 Å². The number of morpholine rings is 1. The molecule has 1 heterocycles. The van der Waals surface area contributed by atoms with Gasteiger partial charge in [-0.05, 0) is 37.0 Å². The van der Waals surface area contributed by atoms with Gasteiger partial charge < -0.3 is 14.8 Å². The van der Waals surface area contributed by atoms with E-state index in [9.17, 15) is 0 Å². The van der Waals surface area contributed by atoms with E-state index < -0.39 is 0 Å². The molecule has 1 unspecified atom stereocenters. The maximum absolute atomic E-state index is 5.84. The summed E-state index contributed by atoms with van der Waals surface area (Å²) in [4.78, 5) is 0. The maximum atomic E-state index is 5.84. The second kappa shape index (κ2) is 5.07. The Bertz CT molecular complexity index is 353. The monoisotopic (exact) mass is 233 g/mol. The predicted molar refractivity (Wildman–Crippen MR) is 66.3 cm³/mol. The van der Waals surface area contributed by atoms with Gasteiger partial charge in [-0.1, -0.05) is 12.1 Å². The molecule has 1 atom stereocenters. The number of nitrogens with one attached hydrogen (secondary N) is 1. The zero-order valence-corrected chi connectivity index (χ0v) is 10.0. The Morgan fingerprint density at radius 3 is 2.59 bits per heavy atom. The molecule has 3 nitrogen and oxygen atoms in total. The van der Waals surface area contributed by atoms with E-state index in [1.54, 1.807) is 0 Å². The minimum Gasteiger partial charge on any atom is -0.490 e. The fourth-order valence-corrected chi connectivity index (χ4v) is 2.22. The quantitative estimate of drug-likeness (QED) is 0.868. The molecule has 1 aromatic carbocycles. The zero-order chi connectivity index (χ0) is 11.5. The highest BCUT2D eigenvalue weighted by Gasteiger charge is 2.19. The Labute approximate surface area is 102 Å². The number of ether oxygens (including phenoxy) is 2. The lowest BCUT2D eigenvalue weighted by Gasteiger charge is -2.27. The van der Waals surface area contributed by atoms with Crippen LogP contribution in [0.3, 0.4) is 0 Å². The maximum Gasteiger partial charge on any atom is 0.119 e. The Kier molecular flexibility index (Phi) is 3.29. The lowest BCUT2D eigenvalue weighted by molar-refractivity contribution is 0.0276. The van der Waals surface area contributed by atoms with Gasteiger partial charge in [-0.2, -0.15) is 0 Å². The summed E-state index contributed by atoms with van der Waals surface area (Å²) in [6, 6.07) is 8.36. The van der Waals surface area contributed by atoms with Gasteiger partial charge in [0.25, 0.3) is 0 Å². The van der Waals surface area contributed by atoms with E-state index in [0.717, 1.165) is 25.4 Å². The van der Waals surface area contributed by atoms with Crippen LogP contribution >= 0.6 is 0 Å². The second-order valence-electron chi connectivity index (χ2n) is 4.80. The smallest absolute Gasteiger partial charge is 0.119 e. The van der Waals surface area contributed by atoms with Crippen LogP contribution in [0.5, 0.6) is 5.75 Å². The fourth-order valence-electron chi connectivity index (χ4n) is 2.22. The van der Waals surface area contributed by atoms with E-state index in [-0.39, 0.29) is 6.10 Å². The molecule has 2 fully saturated rings. The third-order valence-electron chi connectivity index (χ3n) is 3.53. The highest BCUT2D eigenvalue weighted by Crippen LogP contribution is 2.27. The minimum absolute atomic E-state index is 0.196. The number of hydrogen-bond donors (Lipinski definition) is 1. The van der Waals surface area contributed by atoms with Crippen LogP contribution in [0, 0.1) is 0 Å². The molecule has 0 aromatic heterocycles. The van der Waals surface area contributed by atoms with E-state index in [4.69, 9.17) is 9.47 Å². The lowest BCUT2D eigenvalue weighted by Crippen LogP contribution is -2.33. The van der Waals surface area contributed by atoms with Crippen LogP contribution in [0.2, 0.25) is 0 Å². The SMILES string of the molecule is c1cc(C2CNCCO2)ccc1OC1CCC1. The second-order valence-corrected chi connectivity index (χ2v) is 4.80. The van der Waals surface area contributed by atoms with Crippen LogP contribution < -0.4 is 10.1 Å². The fraction of sp³-hybridized carbons (Fsp3) is 0.571. The number of rotatable bonds is 3. The van der Waals surface area contributed by atoms with Crippen molar-refractivity contribution in [3.05, 3.63) is 29.8 Å². The standard InChI is InChI=1S/C14H19NO2/c1-2-12(3-1)17-13-6-4-11(5-7-13)14-10-15-8-9-16-14/h4-7,12,14-15H,1-3,8-10H2. The van der Waals surface area contributed by atoms with E-state index in [1.165, 1.54) is 24.8 Å². The summed E-state index contributed by atoms with van der Waals surface area (Å²) >= 11 is 0. The molecule has 1 aliphatic carbocycles. The molecular weight excluding hydrogens is 214 g/mol. The highest BCUT2D eigenvalue weighted by molar-refractivity contribution is 5.29. The van der Waals surface area contributed by atoms with Crippen LogP contribution in [0.1, 0.15) is 30.9 Å². The molecule has 0 spiro atoms. The van der Waals surface area contributed by atoms with Gasteiger partial charge in [0.05, 0.1) is 18.8 Å². The van der Waals surface area contributed by atoms with Crippen molar-refractivity contribution in [2.45, 2.75) is 31.5 Å². The Morgan fingerprint density at radius 1 is 1.18 bits per heavy atom. The van der Waals surface area contributed by atoms with E-state index in [2.05, 4.69) is 29.6 Å². The summed E-state index contributed by atoms with van der Waals surface area (Å²) < 4.78 is 11.6. The van der Waals surface area contributed by atoms with Crippen molar-refractivity contribution in [3.8, 4) is 5.75 Å². The van der Waals surface area contributed by atoms with Crippen molar-refractivity contribution in [1.82, 2.24) is 5.32 Å². The summed E-state index contributed by atoms with van der Waals surface area (Å²) in [7, 11) is 0. The summed E-state index contributed by atoms with van der Waals surface area (Å²) in [6.07, 6.45) is 4.37. The third-order valence-corrected chi connectivity index (χ3v) is 3.53. The van der Waals surface area contributed by atoms with Crippen LogP contribution in [-0.2, 0) is 4.74 Å². The minimum atomic E-state index is 0.196. The molecule has 1 saturated carbocycles. The molecule has 0 radical (unpaired) electrons. The van der Waals surface area contributed by atoms with Gasteiger partial charge in [0.2, 0.25) is 0 Å². The molecule has 0 bridgehead atoms. The van der Waals surface area contributed by atoms with Crippen LogP contribution in [0.25, 0.3) is 0 Å². The average molecular weight is 233 g/mol. The Balaban J connectivity index is 1.62. The van der Waals surface area contributed by atoms with Crippen molar-refractivity contribution >= 4 is 0 Å². The highest BCUT2D eigenvalue weighted by atomic mass is 16.5.